The molecule has 35 heavy (non-hydrogen) atoms. The number of aromatic amines is 1. The number of rotatable bonds is 7. The lowest BCUT2D eigenvalue weighted by molar-refractivity contribution is -0.133. The molecule has 1 aliphatic heterocycles. The molecule has 0 bridgehead atoms. The Morgan fingerprint density at radius 3 is 2.51 bits per heavy atom. The van der Waals surface area contributed by atoms with Gasteiger partial charge in [-0.1, -0.05) is 90.5 Å². The number of piperazine rings is 1. The molecule has 1 unspecified atom stereocenters. The minimum absolute atomic E-state index is 0.0328. The molecule has 1 aromatic heterocycles. The molecule has 4 nitrogen and oxygen atoms in total. The Morgan fingerprint density at radius 1 is 0.943 bits per heavy atom. The highest BCUT2D eigenvalue weighted by molar-refractivity contribution is 5.86. The normalized spacial score (nSPS) is 15.6. The average molecular weight is 464 g/mol. The van der Waals surface area contributed by atoms with Crippen LogP contribution >= 0.6 is 0 Å². The predicted octanol–water partition coefficient (Wildman–Crippen LogP) is 5.86. The van der Waals surface area contributed by atoms with Gasteiger partial charge >= 0.3 is 0 Å². The fourth-order valence-electron chi connectivity index (χ4n) is 5.06. The zero-order chi connectivity index (χ0) is 24.0. The van der Waals surface area contributed by atoms with Gasteiger partial charge in [-0.25, -0.2) is 0 Å². The molecule has 3 aromatic carbocycles. The van der Waals surface area contributed by atoms with Crippen LogP contribution in [0.15, 0.2) is 91.1 Å². The van der Waals surface area contributed by atoms with E-state index in [4.69, 9.17) is 0 Å². The second-order valence-electron chi connectivity index (χ2n) is 9.45. The Kier molecular flexibility index (Phi) is 7.10. The van der Waals surface area contributed by atoms with Gasteiger partial charge in [0.1, 0.15) is 0 Å². The molecule has 1 saturated heterocycles. The van der Waals surface area contributed by atoms with Gasteiger partial charge in [0.25, 0.3) is 0 Å². The third-order valence-corrected chi connectivity index (χ3v) is 7.02. The van der Waals surface area contributed by atoms with Gasteiger partial charge in [0.15, 0.2) is 0 Å². The molecule has 0 saturated carbocycles. The summed E-state index contributed by atoms with van der Waals surface area (Å²) in [6.45, 7) is 6.42. The Morgan fingerprint density at radius 2 is 1.71 bits per heavy atom. The van der Waals surface area contributed by atoms with Crippen molar-refractivity contribution in [3.63, 3.8) is 0 Å². The van der Waals surface area contributed by atoms with E-state index in [0.29, 0.717) is 6.42 Å². The molecule has 1 fully saturated rings. The van der Waals surface area contributed by atoms with E-state index < -0.39 is 0 Å². The molecule has 4 aromatic rings. The van der Waals surface area contributed by atoms with Crippen molar-refractivity contribution in [2.75, 3.05) is 32.7 Å². The van der Waals surface area contributed by atoms with Crippen molar-refractivity contribution in [1.29, 1.82) is 0 Å². The standard InChI is InChI=1S/C31H33N3O/c1-24-9-7-13-26(21-24)28(29-23-32-30-15-6-5-14-27(29)30)22-31(35)34-19-17-33(18-20-34)16-8-12-25-10-3-2-4-11-25/h2-15,21,23,28,32H,16-20,22H2,1H3/b12-8+. The Balaban J connectivity index is 1.25. The summed E-state index contributed by atoms with van der Waals surface area (Å²) in [4.78, 5) is 21.4. The number of aryl methyl sites for hydroxylation is 1. The molecule has 2 heterocycles. The first-order valence-corrected chi connectivity index (χ1v) is 12.5. The van der Waals surface area contributed by atoms with Crippen LogP contribution in [0.5, 0.6) is 0 Å². The summed E-state index contributed by atoms with van der Waals surface area (Å²) in [5.74, 6) is 0.270. The lowest BCUT2D eigenvalue weighted by Gasteiger charge is -2.35. The number of nitrogens with one attached hydrogen (secondary N) is 1. The van der Waals surface area contributed by atoms with E-state index in [1.807, 2.05) is 12.1 Å². The van der Waals surface area contributed by atoms with Crippen LogP contribution in [0.2, 0.25) is 0 Å². The Bertz CT molecular complexity index is 1300. The molecule has 1 aliphatic rings. The van der Waals surface area contributed by atoms with Crippen molar-refractivity contribution in [1.82, 2.24) is 14.8 Å². The van der Waals surface area contributed by atoms with Crippen LogP contribution in [-0.2, 0) is 4.79 Å². The number of carbonyl (C=O) groups excluding carboxylic acids is 1. The summed E-state index contributed by atoms with van der Waals surface area (Å²) >= 11 is 0. The fourth-order valence-corrected chi connectivity index (χ4v) is 5.06. The van der Waals surface area contributed by atoms with E-state index in [2.05, 4.69) is 107 Å². The molecule has 4 heteroatoms. The van der Waals surface area contributed by atoms with Crippen LogP contribution in [0.1, 0.15) is 34.6 Å². The van der Waals surface area contributed by atoms with Crippen molar-refractivity contribution in [2.24, 2.45) is 0 Å². The number of amides is 1. The molecular formula is C31H33N3O. The summed E-state index contributed by atoms with van der Waals surface area (Å²) in [7, 11) is 0. The van der Waals surface area contributed by atoms with E-state index >= 15 is 0 Å². The monoisotopic (exact) mass is 463 g/mol. The molecule has 1 amide bonds. The number of fused-ring (bicyclic) bond motifs is 1. The minimum atomic E-state index is 0.0328. The van der Waals surface area contributed by atoms with Crippen LogP contribution in [0, 0.1) is 6.92 Å². The molecule has 5 rings (SSSR count). The maximum absolute atomic E-state index is 13.5. The third kappa shape index (κ3) is 5.55. The number of hydrogen-bond acceptors (Lipinski definition) is 2. The molecular weight excluding hydrogens is 430 g/mol. The highest BCUT2D eigenvalue weighted by Gasteiger charge is 2.26. The van der Waals surface area contributed by atoms with E-state index in [0.717, 1.165) is 38.2 Å². The number of nitrogens with zero attached hydrogens (tertiary/aromatic N) is 2. The highest BCUT2D eigenvalue weighted by atomic mass is 16.2. The van der Waals surface area contributed by atoms with Crippen LogP contribution in [0.25, 0.3) is 17.0 Å². The molecule has 1 atom stereocenters. The van der Waals surface area contributed by atoms with Crippen molar-refractivity contribution in [2.45, 2.75) is 19.3 Å². The number of benzene rings is 3. The zero-order valence-electron chi connectivity index (χ0n) is 20.4. The van der Waals surface area contributed by atoms with Crippen molar-refractivity contribution >= 4 is 22.9 Å². The highest BCUT2D eigenvalue weighted by Crippen LogP contribution is 2.34. The van der Waals surface area contributed by atoms with E-state index in [1.54, 1.807) is 0 Å². The minimum Gasteiger partial charge on any atom is -0.361 e. The van der Waals surface area contributed by atoms with Gasteiger partial charge in [-0.2, -0.15) is 0 Å². The molecule has 178 valence electrons. The second kappa shape index (κ2) is 10.7. The number of hydrogen-bond donors (Lipinski definition) is 1. The maximum Gasteiger partial charge on any atom is 0.223 e. The first-order valence-electron chi connectivity index (χ1n) is 12.5. The molecule has 0 radical (unpaired) electrons. The van der Waals surface area contributed by atoms with Crippen LogP contribution in [0.4, 0.5) is 0 Å². The lowest BCUT2D eigenvalue weighted by Crippen LogP contribution is -2.48. The van der Waals surface area contributed by atoms with Gasteiger partial charge in [0.05, 0.1) is 0 Å². The molecule has 0 spiro atoms. The van der Waals surface area contributed by atoms with Crippen molar-refractivity contribution < 1.29 is 4.79 Å². The summed E-state index contributed by atoms with van der Waals surface area (Å²) in [5.41, 5.74) is 5.96. The van der Waals surface area contributed by atoms with Crippen molar-refractivity contribution in [3.8, 4) is 0 Å². The van der Waals surface area contributed by atoms with Crippen LogP contribution in [-0.4, -0.2) is 53.4 Å². The Hall–Kier alpha value is -3.63. The maximum atomic E-state index is 13.5. The number of para-hydroxylation sites is 1. The summed E-state index contributed by atoms with van der Waals surface area (Å²) in [5, 5.41) is 1.20. The van der Waals surface area contributed by atoms with Gasteiger partial charge in [-0.3, -0.25) is 9.69 Å². The molecule has 1 N–H and O–H groups in total. The van der Waals surface area contributed by atoms with Gasteiger partial charge in [0, 0.05) is 62.2 Å². The average Bonchev–Trinajstić information content (AvgIpc) is 3.32. The number of aromatic nitrogens is 1. The molecule has 0 aliphatic carbocycles. The predicted molar refractivity (Wildman–Crippen MR) is 144 cm³/mol. The number of H-pyrrole nitrogens is 1. The quantitative estimate of drug-likeness (QED) is 0.373. The van der Waals surface area contributed by atoms with Crippen LogP contribution in [0.3, 0.4) is 0 Å². The SMILES string of the molecule is Cc1cccc(C(CC(=O)N2CCN(C/C=C/c3ccccc3)CC2)c2c[nH]c3ccccc23)c1. The van der Waals surface area contributed by atoms with E-state index in [-0.39, 0.29) is 11.8 Å². The second-order valence-corrected chi connectivity index (χ2v) is 9.45. The van der Waals surface area contributed by atoms with Gasteiger partial charge in [-0.15, -0.1) is 0 Å². The van der Waals surface area contributed by atoms with E-state index in [1.165, 1.54) is 27.6 Å². The number of carbonyl (C=O) groups is 1. The fraction of sp³-hybridized carbons (Fsp3) is 0.258. The topological polar surface area (TPSA) is 39.3 Å². The lowest BCUT2D eigenvalue weighted by atomic mass is 9.87. The zero-order valence-corrected chi connectivity index (χ0v) is 20.4. The Labute approximate surface area is 207 Å². The first kappa shape index (κ1) is 23.1. The van der Waals surface area contributed by atoms with Gasteiger partial charge < -0.3 is 9.88 Å². The largest absolute Gasteiger partial charge is 0.361 e. The van der Waals surface area contributed by atoms with E-state index in [9.17, 15) is 4.79 Å². The van der Waals surface area contributed by atoms with Crippen molar-refractivity contribution in [3.05, 3.63) is 113 Å². The smallest absolute Gasteiger partial charge is 0.223 e. The summed E-state index contributed by atoms with van der Waals surface area (Å²) < 4.78 is 0. The van der Waals surface area contributed by atoms with Crippen LogP contribution < -0.4 is 0 Å². The third-order valence-electron chi connectivity index (χ3n) is 7.02. The van der Waals surface area contributed by atoms with Gasteiger partial charge in [0.2, 0.25) is 5.91 Å². The summed E-state index contributed by atoms with van der Waals surface area (Å²) in [6, 6.07) is 27.3. The first-order chi connectivity index (χ1) is 17.2. The summed E-state index contributed by atoms with van der Waals surface area (Å²) in [6.07, 6.45) is 6.96. The van der Waals surface area contributed by atoms with Gasteiger partial charge in [-0.05, 0) is 29.7 Å².